The Hall–Kier alpha value is -3.35. The first-order chi connectivity index (χ1) is 13.0. The Bertz CT molecular complexity index is 838. The second kappa shape index (κ2) is 8.35. The van der Waals surface area contributed by atoms with Crippen molar-refractivity contribution in [1.29, 1.82) is 0 Å². The Morgan fingerprint density at radius 1 is 1.11 bits per heavy atom. The molecule has 1 atom stereocenters. The van der Waals surface area contributed by atoms with Gasteiger partial charge in [0.15, 0.2) is 0 Å². The van der Waals surface area contributed by atoms with Crippen LogP contribution in [0.3, 0.4) is 0 Å². The third-order valence-corrected chi connectivity index (χ3v) is 4.45. The molecule has 2 aromatic carbocycles. The number of benzene rings is 2. The predicted octanol–water partition coefficient (Wildman–Crippen LogP) is 1.96. The van der Waals surface area contributed by atoms with Gasteiger partial charge in [-0.1, -0.05) is 36.4 Å². The summed E-state index contributed by atoms with van der Waals surface area (Å²) in [5.41, 5.74) is 7.06. The van der Waals surface area contributed by atoms with E-state index in [-0.39, 0.29) is 17.7 Å². The number of nitrogens with one attached hydrogen (secondary N) is 2. The first kappa shape index (κ1) is 18.4. The zero-order valence-electron chi connectivity index (χ0n) is 14.9. The van der Waals surface area contributed by atoms with E-state index in [4.69, 9.17) is 5.73 Å². The highest BCUT2D eigenvalue weighted by molar-refractivity contribution is 5.96. The minimum Gasteiger partial charge on any atom is -0.352 e. The summed E-state index contributed by atoms with van der Waals surface area (Å²) in [5.74, 6) is -0.0695. The first-order valence-electron chi connectivity index (χ1n) is 8.77. The zero-order valence-corrected chi connectivity index (χ0v) is 14.9. The summed E-state index contributed by atoms with van der Waals surface area (Å²) in [7, 11) is 0. The maximum atomic E-state index is 12.3. The Kier molecular flexibility index (Phi) is 5.71. The Labute approximate surface area is 157 Å². The molecular weight excluding hydrogens is 344 g/mol. The van der Waals surface area contributed by atoms with Crippen LogP contribution >= 0.6 is 0 Å². The van der Waals surface area contributed by atoms with Crippen LogP contribution in [0.2, 0.25) is 0 Å². The molecule has 4 amide bonds. The number of nitrogens with zero attached hydrogens (tertiary/aromatic N) is 1. The van der Waals surface area contributed by atoms with E-state index in [9.17, 15) is 14.4 Å². The number of likely N-dealkylation sites (tertiary alicyclic amines) is 1. The number of hydrogen-bond donors (Lipinski definition) is 3. The molecule has 7 heteroatoms. The number of carbonyl (C=O) groups is 3. The van der Waals surface area contributed by atoms with Crippen LogP contribution in [0.25, 0.3) is 0 Å². The van der Waals surface area contributed by atoms with E-state index in [1.807, 2.05) is 35.2 Å². The first-order valence-corrected chi connectivity index (χ1v) is 8.77. The predicted molar refractivity (Wildman–Crippen MR) is 102 cm³/mol. The van der Waals surface area contributed by atoms with Crippen LogP contribution < -0.4 is 16.4 Å². The molecular formula is C20H22N4O3. The minimum atomic E-state index is -0.685. The van der Waals surface area contributed by atoms with E-state index >= 15 is 0 Å². The quantitative estimate of drug-likeness (QED) is 0.728. The molecule has 0 aromatic heterocycles. The number of amides is 4. The summed E-state index contributed by atoms with van der Waals surface area (Å²) in [6, 6.07) is 15.7. The highest BCUT2D eigenvalue weighted by atomic mass is 16.2. The number of nitrogens with two attached hydrogens (primary N) is 1. The Morgan fingerprint density at radius 3 is 2.63 bits per heavy atom. The summed E-state index contributed by atoms with van der Waals surface area (Å²) in [5, 5.41) is 5.30. The van der Waals surface area contributed by atoms with Crippen molar-refractivity contribution in [2.75, 3.05) is 18.4 Å². The molecule has 140 valence electrons. The highest BCUT2D eigenvalue weighted by Crippen LogP contribution is 2.20. The molecule has 1 heterocycles. The SMILES string of the molecule is NC(=O)Nc1cccc(C(=O)NCC2CC(=O)N(Cc3ccccc3)C2)c1. The average Bonchev–Trinajstić information content (AvgIpc) is 3.00. The molecule has 1 saturated heterocycles. The number of primary amides is 1. The van der Waals surface area contributed by atoms with Crippen molar-refractivity contribution < 1.29 is 14.4 Å². The van der Waals surface area contributed by atoms with E-state index in [0.717, 1.165) is 5.56 Å². The maximum Gasteiger partial charge on any atom is 0.316 e. The standard InChI is InChI=1S/C20H22N4O3/c21-20(27)23-17-8-4-7-16(10-17)19(26)22-11-15-9-18(25)24(13-15)12-14-5-2-1-3-6-14/h1-8,10,15H,9,11-13H2,(H,22,26)(H3,21,23,27). The van der Waals surface area contributed by atoms with Crippen LogP contribution in [0.4, 0.5) is 10.5 Å². The molecule has 0 bridgehead atoms. The van der Waals surface area contributed by atoms with Gasteiger partial charge in [-0.25, -0.2) is 4.79 Å². The van der Waals surface area contributed by atoms with E-state index < -0.39 is 6.03 Å². The smallest absolute Gasteiger partial charge is 0.316 e. The van der Waals surface area contributed by atoms with Gasteiger partial charge in [-0.3, -0.25) is 9.59 Å². The number of urea groups is 1. The van der Waals surface area contributed by atoms with Gasteiger partial charge in [-0.15, -0.1) is 0 Å². The third-order valence-electron chi connectivity index (χ3n) is 4.45. The van der Waals surface area contributed by atoms with Gasteiger partial charge in [0.05, 0.1) is 0 Å². The van der Waals surface area contributed by atoms with Crippen LogP contribution in [0.15, 0.2) is 54.6 Å². The summed E-state index contributed by atoms with van der Waals surface area (Å²) in [6.45, 7) is 1.63. The van der Waals surface area contributed by atoms with Crippen molar-refractivity contribution >= 4 is 23.5 Å². The molecule has 7 nitrogen and oxygen atoms in total. The van der Waals surface area contributed by atoms with Crippen molar-refractivity contribution in [3.05, 3.63) is 65.7 Å². The van der Waals surface area contributed by atoms with Crippen LogP contribution in [0, 0.1) is 5.92 Å². The molecule has 3 rings (SSSR count). The van der Waals surface area contributed by atoms with Crippen LogP contribution in [0.1, 0.15) is 22.3 Å². The van der Waals surface area contributed by atoms with Crippen molar-refractivity contribution in [3.8, 4) is 0 Å². The molecule has 1 unspecified atom stereocenters. The maximum absolute atomic E-state index is 12.3. The lowest BCUT2D eigenvalue weighted by atomic mass is 10.1. The van der Waals surface area contributed by atoms with Gasteiger partial charge in [0.2, 0.25) is 5.91 Å². The van der Waals surface area contributed by atoms with Gasteiger partial charge in [-0.05, 0) is 23.8 Å². The topological polar surface area (TPSA) is 105 Å². The normalized spacial score (nSPS) is 16.2. The largest absolute Gasteiger partial charge is 0.352 e. The molecule has 1 fully saturated rings. The highest BCUT2D eigenvalue weighted by Gasteiger charge is 2.29. The Balaban J connectivity index is 1.52. The fourth-order valence-electron chi connectivity index (χ4n) is 3.17. The fraction of sp³-hybridized carbons (Fsp3) is 0.250. The molecule has 0 spiro atoms. The molecule has 4 N–H and O–H groups in total. The van der Waals surface area contributed by atoms with Crippen molar-refractivity contribution in [1.82, 2.24) is 10.2 Å². The number of carbonyl (C=O) groups excluding carboxylic acids is 3. The Morgan fingerprint density at radius 2 is 1.89 bits per heavy atom. The monoisotopic (exact) mass is 366 g/mol. The number of anilines is 1. The van der Waals surface area contributed by atoms with Gasteiger partial charge in [0.25, 0.3) is 5.91 Å². The van der Waals surface area contributed by atoms with Gasteiger partial charge < -0.3 is 21.3 Å². The second-order valence-electron chi connectivity index (χ2n) is 6.61. The van der Waals surface area contributed by atoms with Gasteiger partial charge >= 0.3 is 6.03 Å². The van der Waals surface area contributed by atoms with Crippen molar-refractivity contribution in [2.24, 2.45) is 11.7 Å². The lowest BCUT2D eigenvalue weighted by molar-refractivity contribution is -0.128. The van der Waals surface area contributed by atoms with Gasteiger partial charge in [-0.2, -0.15) is 0 Å². The molecule has 0 radical (unpaired) electrons. The number of rotatable bonds is 6. The van der Waals surface area contributed by atoms with Crippen LogP contribution in [-0.4, -0.2) is 35.8 Å². The fourth-order valence-corrected chi connectivity index (χ4v) is 3.17. The van der Waals surface area contributed by atoms with Crippen molar-refractivity contribution in [3.63, 3.8) is 0 Å². The zero-order chi connectivity index (χ0) is 19.2. The van der Waals surface area contributed by atoms with Crippen molar-refractivity contribution in [2.45, 2.75) is 13.0 Å². The summed E-state index contributed by atoms with van der Waals surface area (Å²) < 4.78 is 0. The second-order valence-corrected chi connectivity index (χ2v) is 6.61. The third kappa shape index (κ3) is 5.07. The molecule has 0 saturated carbocycles. The molecule has 2 aromatic rings. The number of hydrogen-bond acceptors (Lipinski definition) is 3. The van der Waals surface area contributed by atoms with E-state index in [1.165, 1.54) is 0 Å². The summed E-state index contributed by atoms with van der Waals surface area (Å²) in [6.07, 6.45) is 0.427. The summed E-state index contributed by atoms with van der Waals surface area (Å²) in [4.78, 5) is 37.3. The lowest BCUT2D eigenvalue weighted by Gasteiger charge is -2.17. The molecule has 0 aliphatic carbocycles. The van der Waals surface area contributed by atoms with E-state index in [2.05, 4.69) is 10.6 Å². The molecule has 27 heavy (non-hydrogen) atoms. The van der Waals surface area contributed by atoms with E-state index in [1.54, 1.807) is 24.3 Å². The average molecular weight is 366 g/mol. The molecule has 1 aliphatic heterocycles. The van der Waals surface area contributed by atoms with Gasteiger partial charge in [0.1, 0.15) is 0 Å². The lowest BCUT2D eigenvalue weighted by Crippen LogP contribution is -2.31. The van der Waals surface area contributed by atoms with Gasteiger partial charge in [0, 0.05) is 43.2 Å². The summed E-state index contributed by atoms with van der Waals surface area (Å²) >= 11 is 0. The van der Waals surface area contributed by atoms with Crippen LogP contribution in [0.5, 0.6) is 0 Å². The minimum absolute atomic E-state index is 0.0806. The molecule has 1 aliphatic rings. The van der Waals surface area contributed by atoms with Crippen LogP contribution in [-0.2, 0) is 11.3 Å². The van der Waals surface area contributed by atoms with E-state index in [0.29, 0.717) is 37.3 Å².